The molecule has 4 nitrogen and oxygen atoms in total. The van der Waals surface area contributed by atoms with E-state index < -0.39 is 6.67 Å². The Hall–Kier alpha value is -1.14. The molecule has 1 fully saturated rings. The van der Waals surface area contributed by atoms with Gasteiger partial charge in [-0.15, -0.1) is 0 Å². The molecule has 0 radical (unpaired) electrons. The Labute approximate surface area is 139 Å². The number of rotatable bonds is 7. The number of alkyl halides is 1. The number of amides is 1. The van der Waals surface area contributed by atoms with E-state index in [1.165, 1.54) is 19.3 Å². The predicted molar refractivity (Wildman–Crippen MR) is 88.2 cm³/mol. The van der Waals surface area contributed by atoms with Crippen molar-refractivity contribution in [3.8, 4) is 5.75 Å². The largest absolute Gasteiger partial charge is 0.490 e. The monoisotopic (exact) mass is 371 g/mol. The molecule has 0 unspecified atom stereocenters. The number of carbonyl (C=O) groups excluding carboxylic acids is 1. The van der Waals surface area contributed by atoms with Crippen LogP contribution in [0.3, 0.4) is 0 Å². The maximum absolute atomic E-state index is 12.1. The molecular weight excluding hydrogens is 350 g/mol. The van der Waals surface area contributed by atoms with Crippen molar-refractivity contribution >= 4 is 21.8 Å². The molecule has 0 aliphatic carbocycles. The van der Waals surface area contributed by atoms with Gasteiger partial charge in [-0.25, -0.2) is 4.39 Å². The minimum atomic E-state index is -0.537. The van der Waals surface area contributed by atoms with Crippen molar-refractivity contribution in [2.75, 3.05) is 39.5 Å². The van der Waals surface area contributed by atoms with Gasteiger partial charge >= 0.3 is 0 Å². The highest BCUT2D eigenvalue weighted by atomic mass is 79.9. The van der Waals surface area contributed by atoms with Gasteiger partial charge in [-0.1, -0.05) is 6.42 Å². The lowest BCUT2D eigenvalue weighted by molar-refractivity contribution is 0.0946. The summed E-state index contributed by atoms with van der Waals surface area (Å²) in [5, 5.41) is 2.93. The van der Waals surface area contributed by atoms with Gasteiger partial charge in [0.05, 0.1) is 4.47 Å². The lowest BCUT2D eigenvalue weighted by Crippen LogP contribution is -2.37. The lowest BCUT2D eigenvalue weighted by atomic mass is 10.1. The molecule has 6 heteroatoms. The van der Waals surface area contributed by atoms with Crippen LogP contribution < -0.4 is 10.1 Å². The molecule has 0 atom stereocenters. The summed E-state index contributed by atoms with van der Waals surface area (Å²) in [6.07, 6.45) is 3.82. The zero-order chi connectivity index (χ0) is 15.8. The molecule has 0 saturated carbocycles. The van der Waals surface area contributed by atoms with E-state index in [2.05, 4.69) is 26.1 Å². The maximum Gasteiger partial charge on any atom is 0.251 e. The molecule has 1 amide bonds. The first-order chi connectivity index (χ1) is 10.7. The van der Waals surface area contributed by atoms with Gasteiger partial charge in [0.2, 0.25) is 0 Å². The molecule has 1 N–H and O–H groups in total. The van der Waals surface area contributed by atoms with Crippen LogP contribution in [0.2, 0.25) is 0 Å². The average molecular weight is 372 g/mol. The van der Waals surface area contributed by atoms with Crippen LogP contribution in [0.15, 0.2) is 22.7 Å². The van der Waals surface area contributed by atoms with Crippen LogP contribution in [-0.4, -0.2) is 50.3 Å². The average Bonchev–Trinajstić information content (AvgIpc) is 2.54. The maximum atomic E-state index is 12.1. The molecule has 1 heterocycles. The molecule has 2 rings (SSSR count). The highest BCUT2D eigenvalue weighted by molar-refractivity contribution is 9.10. The van der Waals surface area contributed by atoms with Gasteiger partial charge < -0.3 is 15.0 Å². The van der Waals surface area contributed by atoms with E-state index in [-0.39, 0.29) is 12.5 Å². The van der Waals surface area contributed by atoms with E-state index in [4.69, 9.17) is 4.74 Å². The van der Waals surface area contributed by atoms with Crippen LogP contribution in [0, 0.1) is 0 Å². The third kappa shape index (κ3) is 5.25. The number of hydrogen-bond acceptors (Lipinski definition) is 3. The van der Waals surface area contributed by atoms with Gasteiger partial charge in [-0.05, 0) is 60.1 Å². The SMILES string of the molecule is O=C(NCCN1CCCCC1)c1ccc(OCC[18F])c(Br)c1. The molecule has 0 spiro atoms. The highest BCUT2D eigenvalue weighted by Crippen LogP contribution is 2.26. The topological polar surface area (TPSA) is 41.6 Å². The van der Waals surface area contributed by atoms with Gasteiger partial charge in [0.15, 0.2) is 0 Å². The quantitative estimate of drug-likeness (QED) is 0.800. The molecule has 1 aliphatic rings. The molecule has 0 bridgehead atoms. The fourth-order valence-electron chi connectivity index (χ4n) is 2.52. The first kappa shape index (κ1) is 17.2. The zero-order valence-electron chi connectivity index (χ0n) is 12.6. The van der Waals surface area contributed by atoms with Crippen molar-refractivity contribution in [1.82, 2.24) is 10.2 Å². The standard InChI is InChI=1S/C16H22BrFN2O2/c17-14-12-13(4-5-15(14)22-11-6-18)16(21)19-7-10-20-8-2-1-3-9-20/h4-5,12H,1-3,6-11H2,(H,19,21)/i18-1. The molecule has 0 aromatic heterocycles. The van der Waals surface area contributed by atoms with E-state index in [0.717, 1.165) is 19.6 Å². The fraction of sp³-hybridized carbons (Fsp3) is 0.562. The van der Waals surface area contributed by atoms with Crippen molar-refractivity contribution in [3.63, 3.8) is 0 Å². The van der Waals surface area contributed by atoms with Crippen molar-refractivity contribution in [2.24, 2.45) is 0 Å². The normalized spacial score (nSPS) is 15.5. The van der Waals surface area contributed by atoms with Crippen LogP contribution in [0.5, 0.6) is 5.75 Å². The van der Waals surface area contributed by atoms with Crippen LogP contribution in [0.1, 0.15) is 29.6 Å². The third-order valence-corrected chi connectivity index (χ3v) is 4.31. The van der Waals surface area contributed by atoms with Gasteiger partial charge in [-0.2, -0.15) is 0 Å². The Balaban J connectivity index is 1.80. The molecule has 1 aromatic carbocycles. The number of piperidine rings is 1. The summed E-state index contributed by atoms with van der Waals surface area (Å²) >= 11 is 3.34. The first-order valence-electron chi connectivity index (χ1n) is 7.69. The Bertz CT molecular complexity index is 493. The Morgan fingerprint density at radius 1 is 1.32 bits per heavy atom. The minimum Gasteiger partial charge on any atom is -0.490 e. The number of halogens is 2. The van der Waals surface area contributed by atoms with Crippen LogP contribution in [0.4, 0.5) is 4.39 Å². The second-order valence-electron chi connectivity index (χ2n) is 5.34. The third-order valence-electron chi connectivity index (χ3n) is 3.69. The van der Waals surface area contributed by atoms with Gasteiger partial charge in [0, 0.05) is 18.7 Å². The summed E-state index contributed by atoms with van der Waals surface area (Å²) in [6.45, 7) is 3.27. The van der Waals surface area contributed by atoms with Gasteiger partial charge in [0.25, 0.3) is 5.91 Å². The van der Waals surface area contributed by atoms with Gasteiger partial charge in [0.1, 0.15) is 19.0 Å². The summed E-state index contributed by atoms with van der Waals surface area (Å²) in [5.41, 5.74) is 0.568. The second-order valence-corrected chi connectivity index (χ2v) is 6.20. The molecule has 122 valence electrons. The molecule has 1 saturated heterocycles. The molecular formula is C16H22BrFN2O2. The highest BCUT2D eigenvalue weighted by Gasteiger charge is 2.12. The van der Waals surface area contributed by atoms with E-state index in [1.54, 1.807) is 18.2 Å². The van der Waals surface area contributed by atoms with Crippen LogP contribution in [-0.2, 0) is 0 Å². The molecule has 22 heavy (non-hydrogen) atoms. The minimum absolute atomic E-state index is 0.0139. The second kappa shape index (κ2) is 9.10. The number of benzene rings is 1. The lowest BCUT2D eigenvalue weighted by Gasteiger charge is -2.26. The van der Waals surface area contributed by atoms with E-state index in [9.17, 15) is 9.18 Å². The van der Waals surface area contributed by atoms with Crippen molar-refractivity contribution in [3.05, 3.63) is 28.2 Å². The Morgan fingerprint density at radius 3 is 2.77 bits per heavy atom. The predicted octanol–water partition coefficient (Wildman–Crippen LogP) is 3.01. The molecule has 1 aliphatic heterocycles. The Kier molecular flexibility index (Phi) is 7.12. The fourth-order valence-corrected chi connectivity index (χ4v) is 3.01. The number of likely N-dealkylation sites (tertiary alicyclic amines) is 1. The summed E-state index contributed by atoms with van der Waals surface area (Å²) in [4.78, 5) is 14.5. The number of carbonyl (C=O) groups is 1. The smallest absolute Gasteiger partial charge is 0.251 e. The first-order valence-corrected chi connectivity index (χ1v) is 8.49. The summed E-state index contributed by atoms with van der Waals surface area (Å²) in [5.74, 6) is 0.442. The number of nitrogens with zero attached hydrogens (tertiary/aromatic N) is 1. The Morgan fingerprint density at radius 2 is 2.09 bits per heavy atom. The summed E-state index contributed by atoms with van der Waals surface area (Å²) < 4.78 is 18.0. The van der Waals surface area contributed by atoms with E-state index in [0.29, 0.717) is 22.3 Å². The van der Waals surface area contributed by atoms with E-state index in [1.807, 2.05) is 0 Å². The summed E-state index contributed by atoms with van der Waals surface area (Å²) in [7, 11) is 0. The number of nitrogens with one attached hydrogen (secondary N) is 1. The van der Waals surface area contributed by atoms with Crippen molar-refractivity contribution < 1.29 is 13.9 Å². The summed E-state index contributed by atoms with van der Waals surface area (Å²) in [6, 6.07) is 5.07. The number of hydrogen-bond donors (Lipinski definition) is 1. The zero-order valence-corrected chi connectivity index (χ0v) is 14.2. The van der Waals surface area contributed by atoms with Crippen LogP contribution in [0.25, 0.3) is 0 Å². The number of ether oxygens (including phenoxy) is 1. The van der Waals surface area contributed by atoms with E-state index >= 15 is 0 Å². The van der Waals surface area contributed by atoms with Gasteiger partial charge in [-0.3, -0.25) is 4.79 Å². The van der Waals surface area contributed by atoms with Crippen molar-refractivity contribution in [1.29, 1.82) is 0 Å². The molecule has 1 aromatic rings. The van der Waals surface area contributed by atoms with Crippen LogP contribution >= 0.6 is 15.9 Å². The van der Waals surface area contributed by atoms with Crippen molar-refractivity contribution in [2.45, 2.75) is 19.3 Å².